The van der Waals surface area contributed by atoms with Gasteiger partial charge in [-0.3, -0.25) is 0 Å². The second-order valence-electron chi connectivity index (χ2n) is 3.84. The van der Waals surface area contributed by atoms with E-state index in [1.54, 1.807) is 17.5 Å². The molecule has 0 amide bonds. The minimum absolute atomic E-state index is 0.251. The van der Waals surface area contributed by atoms with Crippen LogP contribution in [0.1, 0.15) is 20.8 Å². The molecule has 5 heteroatoms. The first-order valence-corrected chi connectivity index (χ1v) is 6.29. The van der Waals surface area contributed by atoms with Gasteiger partial charge in [-0.25, -0.2) is 9.18 Å². The van der Waals surface area contributed by atoms with Crippen molar-refractivity contribution in [3.63, 3.8) is 0 Å². The van der Waals surface area contributed by atoms with E-state index in [0.29, 0.717) is 18.7 Å². The maximum Gasteiger partial charge on any atom is 0.336 e. The van der Waals surface area contributed by atoms with E-state index in [0.717, 1.165) is 10.4 Å². The average Bonchev–Trinajstić information content (AvgIpc) is 2.78. The first kappa shape index (κ1) is 12.7. The van der Waals surface area contributed by atoms with Gasteiger partial charge in [-0.1, -0.05) is 12.1 Å². The average molecular weight is 265 g/mol. The monoisotopic (exact) mass is 265 g/mol. The van der Waals surface area contributed by atoms with Crippen LogP contribution in [0.25, 0.3) is 0 Å². The molecule has 0 fully saturated rings. The molecule has 0 aliphatic rings. The van der Waals surface area contributed by atoms with Crippen LogP contribution in [0.2, 0.25) is 0 Å². The quantitative estimate of drug-likeness (QED) is 0.874. The lowest BCUT2D eigenvalue weighted by Gasteiger charge is -2.03. The Balaban J connectivity index is 1.86. The molecule has 0 unspecified atom stereocenters. The first-order valence-electron chi connectivity index (χ1n) is 5.41. The minimum atomic E-state index is -0.914. The van der Waals surface area contributed by atoms with Crippen LogP contribution in [0.15, 0.2) is 35.7 Å². The third-order valence-electron chi connectivity index (χ3n) is 2.42. The predicted octanol–water partition coefficient (Wildman–Crippen LogP) is 2.88. The van der Waals surface area contributed by atoms with E-state index in [-0.39, 0.29) is 5.82 Å². The molecule has 2 N–H and O–H groups in total. The van der Waals surface area contributed by atoms with Crippen LogP contribution < -0.4 is 5.32 Å². The molecule has 1 aromatic carbocycles. The number of aromatic carboxylic acids is 1. The van der Waals surface area contributed by atoms with Crippen molar-refractivity contribution in [3.8, 4) is 0 Å². The summed E-state index contributed by atoms with van der Waals surface area (Å²) in [5, 5.41) is 13.5. The van der Waals surface area contributed by atoms with E-state index in [4.69, 9.17) is 5.11 Å². The van der Waals surface area contributed by atoms with Gasteiger partial charge in [0, 0.05) is 23.3 Å². The molecule has 0 spiro atoms. The fourth-order valence-corrected chi connectivity index (χ4v) is 2.39. The van der Waals surface area contributed by atoms with Gasteiger partial charge in [0.05, 0.1) is 5.56 Å². The SMILES string of the molecule is O=C(O)c1csc(CNCc2cccc(F)c2)c1. The number of carboxylic acids is 1. The number of hydrogen-bond donors (Lipinski definition) is 2. The van der Waals surface area contributed by atoms with E-state index >= 15 is 0 Å². The maximum absolute atomic E-state index is 12.9. The Kier molecular flexibility index (Phi) is 4.07. The summed E-state index contributed by atoms with van der Waals surface area (Å²) < 4.78 is 12.9. The summed E-state index contributed by atoms with van der Waals surface area (Å²) in [4.78, 5) is 11.6. The van der Waals surface area contributed by atoms with Gasteiger partial charge in [0.1, 0.15) is 5.82 Å². The van der Waals surface area contributed by atoms with Crippen LogP contribution in [-0.2, 0) is 13.1 Å². The molecular formula is C13H12FNO2S. The molecule has 2 rings (SSSR count). The van der Waals surface area contributed by atoms with Gasteiger partial charge < -0.3 is 10.4 Å². The maximum atomic E-state index is 12.9. The third-order valence-corrected chi connectivity index (χ3v) is 3.35. The van der Waals surface area contributed by atoms with Crippen molar-refractivity contribution in [2.45, 2.75) is 13.1 Å². The highest BCUT2D eigenvalue weighted by Crippen LogP contribution is 2.14. The lowest BCUT2D eigenvalue weighted by atomic mass is 10.2. The van der Waals surface area contributed by atoms with Gasteiger partial charge in [0.2, 0.25) is 0 Å². The minimum Gasteiger partial charge on any atom is -0.478 e. The van der Waals surface area contributed by atoms with Crippen molar-refractivity contribution < 1.29 is 14.3 Å². The number of nitrogens with one attached hydrogen (secondary N) is 1. The van der Waals surface area contributed by atoms with Crippen molar-refractivity contribution in [3.05, 3.63) is 57.5 Å². The summed E-state index contributed by atoms with van der Waals surface area (Å²) in [6.45, 7) is 1.13. The highest BCUT2D eigenvalue weighted by atomic mass is 32.1. The number of rotatable bonds is 5. The van der Waals surface area contributed by atoms with Crippen LogP contribution in [-0.4, -0.2) is 11.1 Å². The highest BCUT2D eigenvalue weighted by Gasteiger charge is 2.05. The molecule has 0 atom stereocenters. The molecule has 0 bridgehead atoms. The Labute approximate surface area is 108 Å². The molecular weight excluding hydrogens is 253 g/mol. The second kappa shape index (κ2) is 5.75. The van der Waals surface area contributed by atoms with Crippen LogP contribution >= 0.6 is 11.3 Å². The summed E-state index contributed by atoms with van der Waals surface area (Å²) in [7, 11) is 0. The molecule has 94 valence electrons. The summed E-state index contributed by atoms with van der Waals surface area (Å²) in [6.07, 6.45) is 0. The number of benzene rings is 1. The van der Waals surface area contributed by atoms with E-state index in [9.17, 15) is 9.18 Å². The molecule has 1 aromatic heterocycles. The van der Waals surface area contributed by atoms with E-state index in [2.05, 4.69) is 5.32 Å². The zero-order chi connectivity index (χ0) is 13.0. The van der Waals surface area contributed by atoms with Crippen molar-refractivity contribution in [2.75, 3.05) is 0 Å². The number of carboxylic acid groups (broad SMARTS) is 1. The van der Waals surface area contributed by atoms with E-state index in [1.165, 1.54) is 23.5 Å². The van der Waals surface area contributed by atoms with Gasteiger partial charge in [0.25, 0.3) is 0 Å². The lowest BCUT2D eigenvalue weighted by Crippen LogP contribution is -2.11. The first-order chi connectivity index (χ1) is 8.65. The van der Waals surface area contributed by atoms with Gasteiger partial charge in [-0.05, 0) is 23.8 Å². The molecule has 0 aliphatic heterocycles. The van der Waals surface area contributed by atoms with Crippen LogP contribution in [0.5, 0.6) is 0 Å². The molecule has 0 radical (unpaired) electrons. The smallest absolute Gasteiger partial charge is 0.336 e. The Morgan fingerprint density at radius 1 is 1.33 bits per heavy atom. The van der Waals surface area contributed by atoms with Crippen molar-refractivity contribution in [1.82, 2.24) is 5.32 Å². The lowest BCUT2D eigenvalue weighted by molar-refractivity contribution is 0.0697. The molecule has 0 aliphatic carbocycles. The van der Waals surface area contributed by atoms with Crippen LogP contribution in [0, 0.1) is 5.82 Å². The van der Waals surface area contributed by atoms with Crippen LogP contribution in [0.4, 0.5) is 4.39 Å². The van der Waals surface area contributed by atoms with Crippen molar-refractivity contribution in [1.29, 1.82) is 0 Å². The third kappa shape index (κ3) is 3.38. The molecule has 0 saturated heterocycles. The Morgan fingerprint density at radius 3 is 2.83 bits per heavy atom. The van der Waals surface area contributed by atoms with E-state index in [1.807, 2.05) is 6.07 Å². The van der Waals surface area contributed by atoms with Crippen molar-refractivity contribution >= 4 is 17.3 Å². The van der Waals surface area contributed by atoms with E-state index < -0.39 is 5.97 Å². The molecule has 3 nitrogen and oxygen atoms in total. The van der Waals surface area contributed by atoms with Crippen molar-refractivity contribution in [2.24, 2.45) is 0 Å². The molecule has 18 heavy (non-hydrogen) atoms. The summed E-state index contributed by atoms with van der Waals surface area (Å²) >= 11 is 1.40. The topological polar surface area (TPSA) is 49.3 Å². The number of halogens is 1. The molecule has 2 aromatic rings. The Hall–Kier alpha value is -1.72. The fraction of sp³-hybridized carbons (Fsp3) is 0.154. The van der Waals surface area contributed by atoms with Gasteiger partial charge >= 0.3 is 5.97 Å². The zero-order valence-electron chi connectivity index (χ0n) is 9.52. The largest absolute Gasteiger partial charge is 0.478 e. The van der Waals surface area contributed by atoms with Crippen LogP contribution in [0.3, 0.4) is 0 Å². The van der Waals surface area contributed by atoms with Gasteiger partial charge in [-0.2, -0.15) is 0 Å². The Bertz CT molecular complexity index is 553. The molecule has 1 heterocycles. The van der Waals surface area contributed by atoms with Gasteiger partial charge in [-0.15, -0.1) is 11.3 Å². The summed E-state index contributed by atoms with van der Waals surface area (Å²) in [6, 6.07) is 8.03. The summed E-state index contributed by atoms with van der Waals surface area (Å²) in [5.74, 6) is -1.17. The fourth-order valence-electron chi connectivity index (χ4n) is 1.56. The number of thiophene rings is 1. The molecule has 0 saturated carbocycles. The van der Waals surface area contributed by atoms with Gasteiger partial charge in [0.15, 0.2) is 0 Å². The standard InChI is InChI=1S/C13H12FNO2S/c14-11-3-1-2-9(4-11)6-15-7-12-5-10(8-18-12)13(16)17/h1-5,8,15H,6-7H2,(H,16,17). The normalized spacial score (nSPS) is 10.5. The summed E-state index contributed by atoms with van der Waals surface area (Å²) in [5.41, 5.74) is 1.17. The highest BCUT2D eigenvalue weighted by molar-refractivity contribution is 7.10. The number of carbonyl (C=O) groups is 1. The zero-order valence-corrected chi connectivity index (χ0v) is 10.3. The predicted molar refractivity (Wildman–Crippen MR) is 68.2 cm³/mol. The number of hydrogen-bond acceptors (Lipinski definition) is 3. The Morgan fingerprint density at radius 2 is 2.17 bits per heavy atom. The second-order valence-corrected chi connectivity index (χ2v) is 4.84.